The minimum Gasteiger partial charge on any atom is -0.451 e. The standard InChI is InChI=1S/C21H18FN3O4/c22-16-3-1-15(2-4-16)19-9-10-20(29-19)21(26)24-13-11-23(12-14-24)17-5-7-18(8-6-17)25(27)28/h1-10H,11-14H2. The van der Waals surface area contributed by atoms with Crippen molar-refractivity contribution in [1.82, 2.24) is 4.90 Å². The number of hydrogen-bond acceptors (Lipinski definition) is 5. The molecule has 0 radical (unpaired) electrons. The molecule has 1 aliphatic heterocycles. The van der Waals surface area contributed by atoms with Crippen LogP contribution in [0.15, 0.2) is 65.1 Å². The summed E-state index contributed by atoms with van der Waals surface area (Å²) in [7, 11) is 0. The molecule has 0 spiro atoms. The maximum atomic E-state index is 13.1. The van der Waals surface area contributed by atoms with Crippen molar-refractivity contribution in [1.29, 1.82) is 0 Å². The van der Waals surface area contributed by atoms with E-state index in [0.717, 1.165) is 5.69 Å². The van der Waals surface area contributed by atoms with Crippen LogP contribution in [0.2, 0.25) is 0 Å². The molecule has 148 valence electrons. The number of nitro groups is 1. The zero-order valence-corrected chi connectivity index (χ0v) is 15.5. The van der Waals surface area contributed by atoms with Crippen LogP contribution < -0.4 is 4.90 Å². The number of carbonyl (C=O) groups is 1. The minimum absolute atomic E-state index is 0.0531. The largest absolute Gasteiger partial charge is 0.451 e. The fourth-order valence-electron chi connectivity index (χ4n) is 3.33. The van der Waals surface area contributed by atoms with E-state index in [4.69, 9.17) is 4.42 Å². The summed E-state index contributed by atoms with van der Waals surface area (Å²) < 4.78 is 18.7. The van der Waals surface area contributed by atoms with Gasteiger partial charge in [0.1, 0.15) is 11.6 Å². The van der Waals surface area contributed by atoms with Crippen molar-refractivity contribution in [2.75, 3.05) is 31.1 Å². The van der Waals surface area contributed by atoms with E-state index in [1.165, 1.54) is 24.3 Å². The number of rotatable bonds is 4. The zero-order valence-electron chi connectivity index (χ0n) is 15.5. The van der Waals surface area contributed by atoms with Crippen molar-refractivity contribution in [3.8, 4) is 11.3 Å². The summed E-state index contributed by atoms with van der Waals surface area (Å²) in [6.07, 6.45) is 0. The lowest BCUT2D eigenvalue weighted by molar-refractivity contribution is -0.384. The van der Waals surface area contributed by atoms with E-state index in [0.29, 0.717) is 37.5 Å². The summed E-state index contributed by atoms with van der Waals surface area (Å²) in [6.45, 7) is 2.27. The Labute approximate surface area is 166 Å². The van der Waals surface area contributed by atoms with Gasteiger partial charge in [0.05, 0.1) is 4.92 Å². The highest BCUT2D eigenvalue weighted by Gasteiger charge is 2.25. The number of nitro benzene ring substituents is 1. The fraction of sp³-hybridized carbons (Fsp3) is 0.190. The van der Waals surface area contributed by atoms with Gasteiger partial charge in [0.25, 0.3) is 11.6 Å². The van der Waals surface area contributed by atoms with E-state index >= 15 is 0 Å². The van der Waals surface area contributed by atoms with Gasteiger partial charge in [0.2, 0.25) is 0 Å². The lowest BCUT2D eigenvalue weighted by Crippen LogP contribution is -2.48. The Morgan fingerprint density at radius 2 is 1.59 bits per heavy atom. The molecule has 8 heteroatoms. The zero-order chi connectivity index (χ0) is 20.4. The molecule has 0 bridgehead atoms. The Morgan fingerprint density at radius 3 is 2.21 bits per heavy atom. The smallest absolute Gasteiger partial charge is 0.289 e. The van der Waals surface area contributed by atoms with Gasteiger partial charge in [-0.2, -0.15) is 0 Å². The Bertz CT molecular complexity index is 1020. The summed E-state index contributed by atoms with van der Waals surface area (Å²) in [4.78, 5) is 26.9. The molecule has 0 unspecified atom stereocenters. The topological polar surface area (TPSA) is 79.8 Å². The molecular formula is C21H18FN3O4. The van der Waals surface area contributed by atoms with Gasteiger partial charge in [0, 0.05) is 49.6 Å². The van der Waals surface area contributed by atoms with Crippen LogP contribution in [0.1, 0.15) is 10.6 Å². The van der Waals surface area contributed by atoms with Crippen LogP contribution in [0, 0.1) is 15.9 Å². The number of anilines is 1. The number of furan rings is 1. The predicted octanol–water partition coefficient (Wildman–Crippen LogP) is 3.96. The summed E-state index contributed by atoms with van der Waals surface area (Å²) in [5.41, 5.74) is 1.64. The molecule has 2 aromatic carbocycles. The average molecular weight is 395 g/mol. The molecule has 1 fully saturated rings. The Morgan fingerprint density at radius 1 is 0.931 bits per heavy atom. The quantitative estimate of drug-likeness (QED) is 0.494. The lowest BCUT2D eigenvalue weighted by Gasteiger charge is -2.35. The van der Waals surface area contributed by atoms with Crippen molar-refractivity contribution < 1.29 is 18.5 Å². The molecule has 1 amide bonds. The van der Waals surface area contributed by atoms with E-state index < -0.39 is 4.92 Å². The summed E-state index contributed by atoms with van der Waals surface area (Å²) in [6, 6.07) is 15.6. The first-order chi connectivity index (χ1) is 14.0. The number of hydrogen-bond donors (Lipinski definition) is 0. The van der Waals surface area contributed by atoms with Gasteiger partial charge in [-0.3, -0.25) is 14.9 Å². The first kappa shape index (κ1) is 18.7. The average Bonchev–Trinajstić information content (AvgIpc) is 3.24. The monoisotopic (exact) mass is 395 g/mol. The van der Waals surface area contributed by atoms with Crippen molar-refractivity contribution in [2.45, 2.75) is 0 Å². The van der Waals surface area contributed by atoms with Crippen LogP contribution in [0.25, 0.3) is 11.3 Å². The number of non-ortho nitro benzene ring substituents is 1. The van der Waals surface area contributed by atoms with Crippen LogP contribution in [-0.2, 0) is 0 Å². The summed E-state index contributed by atoms with van der Waals surface area (Å²) in [5, 5.41) is 10.8. The third kappa shape index (κ3) is 3.96. The maximum Gasteiger partial charge on any atom is 0.289 e. The highest BCUT2D eigenvalue weighted by atomic mass is 19.1. The van der Waals surface area contributed by atoms with E-state index in [1.54, 1.807) is 41.3 Å². The van der Waals surface area contributed by atoms with Gasteiger partial charge < -0.3 is 14.2 Å². The van der Waals surface area contributed by atoms with Crippen molar-refractivity contribution in [2.24, 2.45) is 0 Å². The van der Waals surface area contributed by atoms with Crippen LogP contribution in [-0.4, -0.2) is 41.9 Å². The van der Waals surface area contributed by atoms with E-state index in [-0.39, 0.29) is 23.2 Å². The van der Waals surface area contributed by atoms with Gasteiger partial charge in [-0.05, 0) is 48.5 Å². The van der Waals surface area contributed by atoms with E-state index in [1.807, 2.05) is 0 Å². The highest BCUT2D eigenvalue weighted by molar-refractivity contribution is 5.92. The molecular weight excluding hydrogens is 377 g/mol. The predicted molar refractivity (Wildman–Crippen MR) is 105 cm³/mol. The molecule has 7 nitrogen and oxygen atoms in total. The Balaban J connectivity index is 1.39. The number of nitrogens with zero attached hydrogens (tertiary/aromatic N) is 3. The maximum absolute atomic E-state index is 13.1. The first-order valence-corrected chi connectivity index (χ1v) is 9.16. The minimum atomic E-state index is -0.427. The SMILES string of the molecule is O=C(c1ccc(-c2ccc(F)cc2)o1)N1CCN(c2ccc([N+](=O)[O-])cc2)CC1. The van der Waals surface area contributed by atoms with Gasteiger partial charge >= 0.3 is 0 Å². The number of halogens is 1. The highest BCUT2D eigenvalue weighted by Crippen LogP contribution is 2.24. The number of amides is 1. The third-order valence-electron chi connectivity index (χ3n) is 4.94. The van der Waals surface area contributed by atoms with Crippen LogP contribution >= 0.6 is 0 Å². The molecule has 4 rings (SSSR count). The number of benzene rings is 2. The van der Waals surface area contributed by atoms with Crippen LogP contribution in [0.5, 0.6) is 0 Å². The second-order valence-electron chi connectivity index (χ2n) is 6.72. The second kappa shape index (κ2) is 7.75. The fourth-order valence-corrected chi connectivity index (χ4v) is 3.33. The molecule has 1 saturated heterocycles. The van der Waals surface area contributed by atoms with Gasteiger partial charge in [-0.1, -0.05) is 0 Å². The molecule has 1 aliphatic rings. The molecule has 0 N–H and O–H groups in total. The lowest BCUT2D eigenvalue weighted by atomic mass is 10.2. The number of piperazine rings is 1. The van der Waals surface area contributed by atoms with Gasteiger partial charge in [-0.15, -0.1) is 0 Å². The Hall–Kier alpha value is -3.68. The van der Waals surface area contributed by atoms with E-state index in [9.17, 15) is 19.3 Å². The molecule has 1 aromatic heterocycles. The summed E-state index contributed by atoms with van der Waals surface area (Å²) in [5.74, 6) is 0.232. The molecule has 0 atom stereocenters. The first-order valence-electron chi connectivity index (χ1n) is 9.16. The molecule has 29 heavy (non-hydrogen) atoms. The van der Waals surface area contributed by atoms with Crippen LogP contribution in [0.4, 0.5) is 15.8 Å². The second-order valence-corrected chi connectivity index (χ2v) is 6.72. The normalized spacial score (nSPS) is 14.1. The molecule has 2 heterocycles. The molecule has 0 saturated carbocycles. The Kier molecular flexibility index (Phi) is 4.99. The van der Waals surface area contributed by atoms with Gasteiger partial charge in [0.15, 0.2) is 5.76 Å². The van der Waals surface area contributed by atoms with Gasteiger partial charge in [-0.25, -0.2) is 4.39 Å². The number of carbonyl (C=O) groups excluding carboxylic acids is 1. The van der Waals surface area contributed by atoms with Crippen molar-refractivity contribution in [3.05, 3.63) is 82.4 Å². The third-order valence-corrected chi connectivity index (χ3v) is 4.94. The van der Waals surface area contributed by atoms with E-state index in [2.05, 4.69) is 4.90 Å². The van der Waals surface area contributed by atoms with Crippen LogP contribution in [0.3, 0.4) is 0 Å². The summed E-state index contributed by atoms with van der Waals surface area (Å²) >= 11 is 0. The molecule has 3 aromatic rings. The van der Waals surface area contributed by atoms with Crippen molar-refractivity contribution in [3.63, 3.8) is 0 Å². The van der Waals surface area contributed by atoms with Crippen molar-refractivity contribution >= 4 is 17.3 Å². The molecule has 0 aliphatic carbocycles.